The lowest BCUT2D eigenvalue weighted by atomic mass is 10.5. The van der Waals surface area contributed by atoms with Crippen LogP contribution < -0.4 is 9.96 Å². The van der Waals surface area contributed by atoms with Gasteiger partial charge in [0, 0.05) is 12.7 Å². The molecule has 0 aliphatic carbocycles. The van der Waals surface area contributed by atoms with Gasteiger partial charge in [-0.3, -0.25) is 9.96 Å². The van der Waals surface area contributed by atoms with E-state index in [2.05, 4.69) is 30.7 Å². The van der Waals surface area contributed by atoms with Gasteiger partial charge >= 0.3 is 8.88 Å². The average molecular weight is 234 g/mol. The average Bonchev–Trinajstić information content (AvgIpc) is 2.14. The molecule has 92 valence electrons. The van der Waals surface area contributed by atoms with E-state index < -0.39 is 8.88 Å². The van der Waals surface area contributed by atoms with Gasteiger partial charge in [0.1, 0.15) is 0 Å². The Bertz CT molecular complexity index is 150. The highest BCUT2D eigenvalue weighted by Gasteiger charge is 2.38. The van der Waals surface area contributed by atoms with Crippen LogP contribution in [0.2, 0.25) is 0 Å². The van der Waals surface area contributed by atoms with E-state index >= 15 is 0 Å². The van der Waals surface area contributed by atoms with Crippen LogP contribution >= 0.6 is 0 Å². The van der Waals surface area contributed by atoms with E-state index in [1.807, 2.05) is 13.8 Å². The summed E-state index contributed by atoms with van der Waals surface area (Å²) in [6.45, 7) is 12.8. The quantitative estimate of drug-likeness (QED) is 0.593. The largest absolute Gasteiger partial charge is 0.517 e. The normalized spacial score (nSPS) is 12.4. The summed E-state index contributed by atoms with van der Waals surface area (Å²) in [5, 5.41) is 0. The molecule has 0 fully saturated rings. The molecule has 0 radical (unpaired) electrons. The van der Waals surface area contributed by atoms with E-state index in [0.29, 0.717) is 0 Å². The van der Waals surface area contributed by atoms with E-state index in [1.54, 1.807) is 0 Å². The van der Waals surface area contributed by atoms with Crippen LogP contribution in [0.3, 0.4) is 0 Å². The SMILES string of the molecule is CCCO[Si](NCC)(NCC)OC(C)C. The first-order valence-electron chi connectivity index (χ1n) is 5.92. The van der Waals surface area contributed by atoms with E-state index in [0.717, 1.165) is 26.1 Å². The van der Waals surface area contributed by atoms with Gasteiger partial charge in [-0.15, -0.1) is 0 Å². The second-order valence-electron chi connectivity index (χ2n) is 3.69. The maximum absolute atomic E-state index is 5.92. The van der Waals surface area contributed by atoms with Crippen LogP contribution in [0, 0.1) is 0 Å². The maximum atomic E-state index is 5.92. The number of hydrogen-bond acceptors (Lipinski definition) is 4. The summed E-state index contributed by atoms with van der Waals surface area (Å²) in [5.74, 6) is 0. The third-order valence-corrected chi connectivity index (χ3v) is 4.78. The zero-order chi connectivity index (χ0) is 11.7. The van der Waals surface area contributed by atoms with Crippen molar-refractivity contribution in [3.63, 3.8) is 0 Å². The first-order chi connectivity index (χ1) is 7.10. The predicted octanol–water partition coefficient (Wildman–Crippen LogP) is 1.49. The molecule has 5 heteroatoms. The smallest absolute Gasteiger partial charge is 0.371 e. The summed E-state index contributed by atoms with van der Waals surface area (Å²) in [4.78, 5) is 6.69. The Morgan fingerprint density at radius 3 is 1.93 bits per heavy atom. The molecule has 0 atom stereocenters. The fourth-order valence-electron chi connectivity index (χ4n) is 1.33. The first kappa shape index (κ1) is 15.1. The van der Waals surface area contributed by atoms with Crippen molar-refractivity contribution in [1.29, 1.82) is 0 Å². The minimum atomic E-state index is -2.38. The van der Waals surface area contributed by atoms with Crippen molar-refractivity contribution in [2.75, 3.05) is 19.7 Å². The van der Waals surface area contributed by atoms with Gasteiger partial charge in [0.25, 0.3) is 0 Å². The van der Waals surface area contributed by atoms with Crippen LogP contribution in [0.5, 0.6) is 0 Å². The molecule has 0 bridgehead atoms. The summed E-state index contributed by atoms with van der Waals surface area (Å²) in [7, 11) is -2.38. The molecule has 0 aromatic carbocycles. The summed E-state index contributed by atoms with van der Waals surface area (Å²) in [6.07, 6.45) is 1.18. The molecule has 0 aliphatic heterocycles. The fourth-order valence-corrected chi connectivity index (χ4v) is 3.98. The molecule has 0 saturated carbocycles. The van der Waals surface area contributed by atoms with E-state index in [-0.39, 0.29) is 6.10 Å². The monoisotopic (exact) mass is 234 g/mol. The molecule has 0 aromatic rings. The second-order valence-corrected chi connectivity index (χ2v) is 6.16. The summed E-state index contributed by atoms with van der Waals surface area (Å²) < 4.78 is 11.8. The van der Waals surface area contributed by atoms with Crippen LogP contribution in [0.15, 0.2) is 0 Å². The minimum Gasteiger partial charge on any atom is -0.371 e. The first-order valence-corrected chi connectivity index (χ1v) is 7.73. The number of nitrogens with one attached hydrogen (secondary N) is 2. The third kappa shape index (κ3) is 6.27. The van der Waals surface area contributed by atoms with Crippen molar-refractivity contribution in [3.05, 3.63) is 0 Å². The van der Waals surface area contributed by atoms with E-state index in [9.17, 15) is 0 Å². The fraction of sp³-hybridized carbons (Fsp3) is 1.00. The van der Waals surface area contributed by atoms with Gasteiger partial charge in [0.05, 0.1) is 0 Å². The molecule has 0 rings (SSSR count). The Hall–Kier alpha value is 0.0569. The van der Waals surface area contributed by atoms with Gasteiger partial charge in [-0.1, -0.05) is 20.8 Å². The van der Waals surface area contributed by atoms with Gasteiger partial charge in [-0.2, -0.15) is 0 Å². The lowest BCUT2D eigenvalue weighted by Crippen LogP contribution is -2.68. The van der Waals surface area contributed by atoms with Crippen molar-refractivity contribution < 1.29 is 8.85 Å². The molecule has 0 unspecified atom stereocenters. The van der Waals surface area contributed by atoms with Crippen molar-refractivity contribution in [1.82, 2.24) is 9.96 Å². The predicted molar refractivity (Wildman–Crippen MR) is 65.6 cm³/mol. The van der Waals surface area contributed by atoms with Gasteiger partial charge in [0.15, 0.2) is 0 Å². The van der Waals surface area contributed by atoms with Crippen molar-refractivity contribution >= 4 is 8.88 Å². The Balaban J connectivity index is 4.40. The second kappa shape index (κ2) is 8.24. The zero-order valence-electron chi connectivity index (χ0n) is 10.7. The summed E-state index contributed by atoms with van der Waals surface area (Å²) >= 11 is 0. The molecule has 0 aromatic heterocycles. The van der Waals surface area contributed by atoms with Crippen LogP contribution in [-0.2, 0) is 8.85 Å². The van der Waals surface area contributed by atoms with E-state index in [4.69, 9.17) is 8.85 Å². The third-order valence-electron chi connectivity index (χ3n) is 1.73. The van der Waals surface area contributed by atoms with Crippen LogP contribution in [0.25, 0.3) is 0 Å². The molecule has 15 heavy (non-hydrogen) atoms. The van der Waals surface area contributed by atoms with Crippen molar-refractivity contribution in [2.24, 2.45) is 0 Å². The molecular formula is C10H26N2O2Si. The van der Waals surface area contributed by atoms with E-state index in [1.165, 1.54) is 0 Å². The summed E-state index contributed by atoms with van der Waals surface area (Å²) in [6, 6.07) is 0. The maximum Gasteiger partial charge on any atom is 0.517 e. The molecule has 4 nitrogen and oxygen atoms in total. The molecule has 0 heterocycles. The Morgan fingerprint density at radius 1 is 1.07 bits per heavy atom. The highest BCUT2D eigenvalue weighted by Crippen LogP contribution is 2.04. The van der Waals surface area contributed by atoms with Crippen LogP contribution in [-0.4, -0.2) is 34.7 Å². The van der Waals surface area contributed by atoms with Gasteiger partial charge in [-0.05, 0) is 33.4 Å². The molecule has 2 N–H and O–H groups in total. The molecule has 0 aliphatic rings. The molecule has 0 amide bonds. The zero-order valence-corrected chi connectivity index (χ0v) is 11.7. The number of rotatable bonds is 9. The molecule has 0 spiro atoms. The molecule has 0 saturated heterocycles. The number of hydrogen-bond donors (Lipinski definition) is 2. The molecular weight excluding hydrogens is 208 g/mol. The topological polar surface area (TPSA) is 42.5 Å². The lowest BCUT2D eigenvalue weighted by Gasteiger charge is -2.32. The Kier molecular flexibility index (Phi) is 8.27. The highest BCUT2D eigenvalue weighted by atomic mass is 28.4. The summed E-state index contributed by atoms with van der Waals surface area (Å²) in [5.41, 5.74) is 0. The Morgan fingerprint density at radius 2 is 1.60 bits per heavy atom. The van der Waals surface area contributed by atoms with Crippen molar-refractivity contribution in [3.8, 4) is 0 Å². The minimum absolute atomic E-state index is 0.173. The lowest BCUT2D eigenvalue weighted by molar-refractivity contribution is 0.113. The highest BCUT2D eigenvalue weighted by molar-refractivity contribution is 6.62. The standard InChI is InChI=1S/C10H26N2O2Si/c1-6-9-13-15(11-7-2,12-8-3)14-10(4)5/h10-12H,6-9H2,1-5H3. The van der Waals surface area contributed by atoms with Gasteiger partial charge in [0.2, 0.25) is 0 Å². The Labute approximate surface area is 95.1 Å². The van der Waals surface area contributed by atoms with Crippen LogP contribution in [0.4, 0.5) is 0 Å². The van der Waals surface area contributed by atoms with Crippen molar-refractivity contribution in [2.45, 2.75) is 47.1 Å². The van der Waals surface area contributed by atoms with Crippen LogP contribution in [0.1, 0.15) is 41.0 Å². The van der Waals surface area contributed by atoms with Gasteiger partial charge in [-0.25, -0.2) is 0 Å². The van der Waals surface area contributed by atoms with Gasteiger partial charge < -0.3 is 8.85 Å².